The van der Waals surface area contributed by atoms with Crippen LogP contribution in [0, 0.1) is 6.92 Å². The molecular formula is C34H23NO2. The van der Waals surface area contributed by atoms with Gasteiger partial charge in [-0.15, -0.1) is 0 Å². The van der Waals surface area contributed by atoms with E-state index < -0.39 is 0 Å². The summed E-state index contributed by atoms with van der Waals surface area (Å²) in [6, 6.07) is 41.6. The minimum Gasteiger partial charge on any atom is -0.461 e. The number of benzene rings is 5. The maximum absolute atomic E-state index is 12.5. The average Bonchev–Trinajstić information content (AvgIpc) is 3.26. The second kappa shape index (κ2) is 8.35. The topological polar surface area (TPSA) is 35.1 Å². The Hall–Kier alpha value is -4.89. The van der Waals surface area contributed by atoms with Crippen molar-refractivity contribution in [1.82, 2.24) is 4.57 Å². The lowest BCUT2D eigenvalue weighted by molar-refractivity contribution is 0.564. The summed E-state index contributed by atoms with van der Waals surface area (Å²) >= 11 is 0. The fraction of sp³-hybridized carbons (Fsp3) is 0.0294. The largest absolute Gasteiger partial charge is 0.461 e. The van der Waals surface area contributed by atoms with E-state index in [1.165, 1.54) is 33.0 Å². The van der Waals surface area contributed by atoms with Crippen molar-refractivity contribution in [2.24, 2.45) is 0 Å². The number of aromatic nitrogens is 1. The van der Waals surface area contributed by atoms with Gasteiger partial charge in [0, 0.05) is 28.6 Å². The standard InChI is InChI=1S/C34H23NO2/c1-22-18-33(36)28-15-14-27(21-34(28)37-22)35-31-16-12-25(23-8-4-2-5-9-23)19-29(31)30-20-26(13-17-32(30)35)24-10-6-3-7-11-24/h2-21H,1H3. The molecule has 3 nitrogen and oxygen atoms in total. The molecule has 2 heterocycles. The molecule has 5 aromatic carbocycles. The van der Waals surface area contributed by atoms with E-state index in [1.54, 1.807) is 6.07 Å². The lowest BCUT2D eigenvalue weighted by Gasteiger charge is -2.10. The molecule has 176 valence electrons. The van der Waals surface area contributed by atoms with Crippen LogP contribution in [0.5, 0.6) is 0 Å². The maximum atomic E-state index is 12.5. The van der Waals surface area contributed by atoms with Gasteiger partial charge in [-0.3, -0.25) is 4.79 Å². The van der Waals surface area contributed by atoms with Crippen molar-refractivity contribution in [3.8, 4) is 27.9 Å². The third kappa shape index (κ3) is 3.56. The molecule has 0 fully saturated rings. The highest BCUT2D eigenvalue weighted by Gasteiger charge is 2.16. The summed E-state index contributed by atoms with van der Waals surface area (Å²) in [6.45, 7) is 1.81. The Kier molecular flexibility index (Phi) is 4.83. The number of hydrogen-bond donors (Lipinski definition) is 0. The first kappa shape index (κ1) is 21.4. The van der Waals surface area contributed by atoms with Crippen LogP contribution in [0.1, 0.15) is 5.76 Å². The Morgan fingerprint density at radius 1 is 0.541 bits per heavy atom. The molecule has 0 saturated carbocycles. The van der Waals surface area contributed by atoms with Crippen molar-refractivity contribution in [2.45, 2.75) is 6.92 Å². The molecule has 37 heavy (non-hydrogen) atoms. The normalized spacial score (nSPS) is 11.5. The quantitative estimate of drug-likeness (QED) is 0.256. The van der Waals surface area contributed by atoms with E-state index in [2.05, 4.69) is 89.5 Å². The molecular weight excluding hydrogens is 454 g/mol. The molecule has 0 bridgehead atoms. The van der Waals surface area contributed by atoms with Crippen molar-refractivity contribution in [3.63, 3.8) is 0 Å². The van der Waals surface area contributed by atoms with E-state index >= 15 is 0 Å². The van der Waals surface area contributed by atoms with Crippen LogP contribution >= 0.6 is 0 Å². The molecule has 0 saturated heterocycles. The average molecular weight is 478 g/mol. The van der Waals surface area contributed by atoms with Crippen molar-refractivity contribution >= 4 is 32.8 Å². The van der Waals surface area contributed by atoms with E-state index in [0.29, 0.717) is 16.7 Å². The Morgan fingerprint density at radius 2 is 1.11 bits per heavy atom. The lowest BCUT2D eigenvalue weighted by Crippen LogP contribution is -2.01. The molecule has 0 aliphatic heterocycles. The molecule has 0 amide bonds. The van der Waals surface area contributed by atoms with Gasteiger partial charge in [0.1, 0.15) is 11.3 Å². The molecule has 0 spiro atoms. The monoisotopic (exact) mass is 477 g/mol. The summed E-state index contributed by atoms with van der Waals surface area (Å²) in [5.41, 5.74) is 8.48. The van der Waals surface area contributed by atoms with Crippen LogP contribution < -0.4 is 5.43 Å². The second-order valence-electron chi connectivity index (χ2n) is 9.43. The van der Waals surface area contributed by atoms with Crippen LogP contribution in [0.4, 0.5) is 0 Å². The minimum atomic E-state index is -0.0208. The van der Waals surface area contributed by atoms with Crippen molar-refractivity contribution < 1.29 is 4.42 Å². The van der Waals surface area contributed by atoms with Crippen LogP contribution in [0.3, 0.4) is 0 Å². The highest BCUT2D eigenvalue weighted by Crippen LogP contribution is 2.37. The second-order valence-corrected chi connectivity index (χ2v) is 9.43. The van der Waals surface area contributed by atoms with E-state index in [1.807, 2.05) is 37.3 Å². The van der Waals surface area contributed by atoms with Crippen LogP contribution in [-0.2, 0) is 0 Å². The van der Waals surface area contributed by atoms with Gasteiger partial charge in [-0.2, -0.15) is 0 Å². The van der Waals surface area contributed by atoms with Crippen LogP contribution in [0.2, 0.25) is 0 Å². The molecule has 7 rings (SSSR count). The molecule has 0 N–H and O–H groups in total. The molecule has 2 aromatic heterocycles. The van der Waals surface area contributed by atoms with Crippen LogP contribution in [0.25, 0.3) is 60.7 Å². The molecule has 3 heteroatoms. The van der Waals surface area contributed by atoms with Crippen molar-refractivity contribution in [2.75, 3.05) is 0 Å². The highest BCUT2D eigenvalue weighted by molar-refractivity contribution is 6.11. The smallest absolute Gasteiger partial charge is 0.192 e. The molecule has 0 atom stereocenters. The lowest BCUT2D eigenvalue weighted by atomic mass is 10.0. The zero-order chi connectivity index (χ0) is 24.9. The Morgan fingerprint density at radius 3 is 1.68 bits per heavy atom. The van der Waals surface area contributed by atoms with Gasteiger partial charge in [0.05, 0.1) is 16.4 Å². The van der Waals surface area contributed by atoms with Gasteiger partial charge in [-0.25, -0.2) is 0 Å². The van der Waals surface area contributed by atoms with Gasteiger partial charge in [0.25, 0.3) is 0 Å². The summed E-state index contributed by atoms with van der Waals surface area (Å²) in [6.07, 6.45) is 0. The summed E-state index contributed by atoms with van der Waals surface area (Å²) < 4.78 is 8.21. The van der Waals surface area contributed by atoms with Gasteiger partial charge in [0.2, 0.25) is 0 Å². The van der Waals surface area contributed by atoms with Crippen LogP contribution in [-0.4, -0.2) is 4.57 Å². The zero-order valence-electron chi connectivity index (χ0n) is 20.3. The van der Waals surface area contributed by atoms with Crippen molar-refractivity contribution in [3.05, 3.63) is 137 Å². The Bertz CT molecular complexity index is 1900. The summed E-state index contributed by atoms with van der Waals surface area (Å²) in [5.74, 6) is 0.608. The van der Waals surface area contributed by atoms with E-state index in [9.17, 15) is 4.79 Å². The van der Waals surface area contributed by atoms with E-state index in [0.717, 1.165) is 16.7 Å². The van der Waals surface area contributed by atoms with Gasteiger partial charge in [-0.1, -0.05) is 72.8 Å². The number of nitrogens with zero attached hydrogens (tertiary/aromatic N) is 1. The van der Waals surface area contributed by atoms with Gasteiger partial charge >= 0.3 is 0 Å². The molecule has 0 aliphatic carbocycles. The van der Waals surface area contributed by atoms with Gasteiger partial charge in [-0.05, 0) is 65.6 Å². The highest BCUT2D eigenvalue weighted by atomic mass is 16.3. The Balaban J connectivity index is 1.54. The summed E-state index contributed by atoms with van der Waals surface area (Å²) in [5, 5.41) is 2.95. The minimum absolute atomic E-state index is 0.0208. The first-order chi connectivity index (χ1) is 18.2. The summed E-state index contributed by atoms with van der Waals surface area (Å²) in [7, 11) is 0. The fourth-order valence-corrected chi connectivity index (χ4v) is 5.33. The van der Waals surface area contributed by atoms with E-state index in [4.69, 9.17) is 4.42 Å². The molecule has 0 radical (unpaired) electrons. The number of aryl methyl sites for hydroxylation is 1. The third-order valence-corrected chi connectivity index (χ3v) is 7.07. The summed E-state index contributed by atoms with van der Waals surface area (Å²) in [4.78, 5) is 12.5. The van der Waals surface area contributed by atoms with Gasteiger partial charge in [0.15, 0.2) is 5.43 Å². The predicted octanol–water partition coefficient (Wildman–Crippen LogP) is 8.53. The van der Waals surface area contributed by atoms with Crippen LogP contribution in [0.15, 0.2) is 131 Å². The first-order valence-electron chi connectivity index (χ1n) is 12.4. The van der Waals surface area contributed by atoms with Gasteiger partial charge < -0.3 is 8.98 Å². The molecule has 0 unspecified atom stereocenters. The fourth-order valence-electron chi connectivity index (χ4n) is 5.33. The number of fused-ring (bicyclic) bond motifs is 4. The Labute approximate surface area is 213 Å². The number of hydrogen-bond acceptors (Lipinski definition) is 2. The SMILES string of the molecule is Cc1cc(=O)c2ccc(-n3c4ccc(-c5ccccc5)cc4c4cc(-c5ccccc5)ccc43)cc2o1. The maximum Gasteiger partial charge on any atom is 0.192 e. The zero-order valence-corrected chi connectivity index (χ0v) is 20.3. The van der Waals surface area contributed by atoms with Crippen molar-refractivity contribution in [1.29, 1.82) is 0 Å². The first-order valence-corrected chi connectivity index (χ1v) is 12.4. The number of rotatable bonds is 3. The van der Waals surface area contributed by atoms with E-state index in [-0.39, 0.29) is 5.43 Å². The third-order valence-electron chi connectivity index (χ3n) is 7.07. The molecule has 7 aromatic rings. The predicted molar refractivity (Wildman–Crippen MR) is 152 cm³/mol. The molecule has 0 aliphatic rings.